The number of hydrogen-bond acceptors (Lipinski definition) is 2. The quantitative estimate of drug-likeness (QED) is 0.475. The van der Waals surface area contributed by atoms with Gasteiger partial charge in [-0.25, -0.2) is 4.39 Å². The molecule has 1 atom stereocenters. The van der Waals surface area contributed by atoms with Crippen molar-refractivity contribution in [2.75, 3.05) is 18.0 Å². The summed E-state index contributed by atoms with van der Waals surface area (Å²) >= 11 is 11.9. The van der Waals surface area contributed by atoms with E-state index in [-0.39, 0.29) is 34.8 Å². The molecular weight excluding hydrogens is 294 g/mol. The summed E-state index contributed by atoms with van der Waals surface area (Å²) in [5, 5.41) is 3.62. The predicted octanol–water partition coefficient (Wildman–Crippen LogP) is 3.80. The van der Waals surface area contributed by atoms with Gasteiger partial charge in [0, 0.05) is 24.4 Å². The number of nitrogens with zero attached hydrogens (tertiary/aromatic N) is 4. The first-order chi connectivity index (χ1) is 9.02. The highest BCUT2D eigenvalue weighted by atomic mass is 35.5. The third-order valence-corrected chi connectivity index (χ3v) is 3.44. The Morgan fingerprint density at radius 3 is 2.68 bits per heavy atom. The first-order valence-corrected chi connectivity index (χ1v) is 6.24. The molecule has 0 radical (unpaired) electrons. The number of carbonyl (C=O) groups is 1. The highest BCUT2D eigenvalue weighted by Gasteiger charge is 2.32. The first kappa shape index (κ1) is 13.9. The second-order valence-electron chi connectivity index (χ2n) is 4.21. The third-order valence-electron chi connectivity index (χ3n) is 2.86. The Hall–Kier alpha value is -1.49. The van der Waals surface area contributed by atoms with Gasteiger partial charge in [0.25, 0.3) is 0 Å². The van der Waals surface area contributed by atoms with Crippen LogP contribution in [0, 0.1) is 11.7 Å². The number of rotatable bonds is 3. The molecule has 100 valence electrons. The Morgan fingerprint density at radius 2 is 2.11 bits per heavy atom. The molecule has 5 nitrogen and oxygen atoms in total. The minimum Gasteiger partial charge on any atom is -0.309 e. The molecule has 1 amide bonds. The van der Waals surface area contributed by atoms with Gasteiger partial charge < -0.3 is 4.90 Å². The molecule has 0 spiro atoms. The van der Waals surface area contributed by atoms with Gasteiger partial charge in [-0.3, -0.25) is 4.79 Å². The Morgan fingerprint density at radius 1 is 1.47 bits per heavy atom. The fraction of sp³-hybridized carbons (Fsp3) is 0.364. The van der Waals surface area contributed by atoms with E-state index in [2.05, 4.69) is 10.0 Å². The van der Waals surface area contributed by atoms with Gasteiger partial charge in [-0.2, -0.15) is 0 Å². The molecule has 0 bridgehead atoms. The average molecular weight is 303 g/mol. The lowest BCUT2D eigenvalue weighted by Gasteiger charge is -2.19. The van der Waals surface area contributed by atoms with Crippen molar-refractivity contribution in [3.8, 4) is 0 Å². The summed E-state index contributed by atoms with van der Waals surface area (Å²) in [5.74, 6) is -0.815. The van der Waals surface area contributed by atoms with Crippen LogP contribution in [0.1, 0.15) is 6.42 Å². The van der Waals surface area contributed by atoms with E-state index >= 15 is 0 Å². The molecule has 1 fully saturated rings. The number of halogens is 3. The van der Waals surface area contributed by atoms with Crippen LogP contribution in [0.2, 0.25) is 10.0 Å². The lowest BCUT2D eigenvalue weighted by atomic mass is 10.1. The normalized spacial score (nSPS) is 18.6. The maximum Gasteiger partial charge on any atom is 0.227 e. The van der Waals surface area contributed by atoms with Gasteiger partial charge in [0.05, 0.1) is 15.7 Å². The van der Waals surface area contributed by atoms with E-state index in [9.17, 15) is 9.18 Å². The van der Waals surface area contributed by atoms with E-state index in [0.29, 0.717) is 12.2 Å². The van der Waals surface area contributed by atoms with Crippen molar-refractivity contribution in [2.24, 2.45) is 11.0 Å². The summed E-state index contributed by atoms with van der Waals surface area (Å²) in [6, 6.07) is 2.22. The summed E-state index contributed by atoms with van der Waals surface area (Å²) < 4.78 is 13.1. The van der Waals surface area contributed by atoms with Crippen LogP contribution in [0.4, 0.5) is 10.1 Å². The summed E-state index contributed by atoms with van der Waals surface area (Å²) in [7, 11) is 0. The van der Waals surface area contributed by atoms with Crippen molar-refractivity contribution < 1.29 is 9.18 Å². The second-order valence-corrected chi connectivity index (χ2v) is 5.02. The fourth-order valence-corrected chi connectivity index (χ4v) is 2.73. The highest BCUT2D eigenvalue weighted by Crippen LogP contribution is 2.37. The summed E-state index contributed by atoms with van der Waals surface area (Å²) in [6.07, 6.45) is 0.253. The number of carbonyl (C=O) groups excluding carboxylic acids is 1. The minimum absolute atomic E-state index is 0.0828. The maximum absolute atomic E-state index is 13.1. The zero-order valence-electron chi connectivity index (χ0n) is 9.68. The maximum atomic E-state index is 13.1. The van der Waals surface area contributed by atoms with E-state index in [1.54, 1.807) is 0 Å². The van der Waals surface area contributed by atoms with Gasteiger partial charge in [0.2, 0.25) is 5.91 Å². The third kappa shape index (κ3) is 2.92. The van der Waals surface area contributed by atoms with E-state index in [1.165, 1.54) is 4.90 Å². The van der Waals surface area contributed by atoms with Crippen molar-refractivity contribution in [3.05, 3.63) is 38.4 Å². The van der Waals surface area contributed by atoms with E-state index in [4.69, 9.17) is 28.7 Å². The molecule has 0 N–H and O–H groups in total. The molecule has 1 heterocycles. The van der Waals surface area contributed by atoms with Crippen molar-refractivity contribution in [2.45, 2.75) is 6.42 Å². The molecule has 0 aromatic heterocycles. The number of benzene rings is 1. The Balaban J connectivity index is 2.28. The summed E-state index contributed by atoms with van der Waals surface area (Å²) in [4.78, 5) is 16.0. The van der Waals surface area contributed by atoms with Crippen LogP contribution >= 0.6 is 23.2 Å². The molecule has 2 rings (SSSR count). The summed E-state index contributed by atoms with van der Waals surface area (Å²) in [5.41, 5.74) is 8.57. The molecule has 19 heavy (non-hydrogen) atoms. The van der Waals surface area contributed by atoms with Crippen LogP contribution in [0.5, 0.6) is 0 Å². The van der Waals surface area contributed by atoms with Crippen molar-refractivity contribution in [3.63, 3.8) is 0 Å². The van der Waals surface area contributed by atoms with Gasteiger partial charge in [0.15, 0.2) is 0 Å². The van der Waals surface area contributed by atoms with Crippen molar-refractivity contribution >= 4 is 34.8 Å². The standard InChI is InChI=1S/C11H9Cl2FN4O/c12-8-2-7(14)3-9(13)11(8)18-5-6(1-10(18)19)4-16-17-15/h2-3,6H,1,4-5H2. The molecule has 0 saturated carbocycles. The Labute approximate surface area is 118 Å². The van der Waals surface area contributed by atoms with Crippen LogP contribution in [-0.2, 0) is 4.79 Å². The largest absolute Gasteiger partial charge is 0.309 e. The molecule has 1 saturated heterocycles. The van der Waals surface area contributed by atoms with Crippen LogP contribution in [0.15, 0.2) is 17.2 Å². The second kappa shape index (κ2) is 5.65. The van der Waals surface area contributed by atoms with Crippen molar-refractivity contribution in [1.82, 2.24) is 0 Å². The van der Waals surface area contributed by atoms with E-state index in [1.807, 2.05) is 0 Å². The average Bonchev–Trinajstić information content (AvgIpc) is 2.67. The van der Waals surface area contributed by atoms with Gasteiger partial charge in [-0.05, 0) is 23.6 Å². The molecule has 8 heteroatoms. The smallest absolute Gasteiger partial charge is 0.227 e. The van der Waals surface area contributed by atoms with Gasteiger partial charge >= 0.3 is 0 Å². The Bertz CT molecular complexity index is 551. The summed E-state index contributed by atoms with van der Waals surface area (Å²) in [6.45, 7) is 0.581. The predicted molar refractivity (Wildman–Crippen MR) is 70.9 cm³/mol. The molecule has 1 aliphatic heterocycles. The molecule has 1 unspecified atom stereocenters. The van der Waals surface area contributed by atoms with Crippen LogP contribution in [0.3, 0.4) is 0 Å². The molecular formula is C11H9Cl2FN4O. The van der Waals surface area contributed by atoms with Gasteiger partial charge in [0.1, 0.15) is 5.82 Å². The first-order valence-electron chi connectivity index (χ1n) is 5.48. The topological polar surface area (TPSA) is 69.1 Å². The number of hydrogen-bond donors (Lipinski definition) is 0. The zero-order chi connectivity index (χ0) is 14.0. The number of azide groups is 1. The van der Waals surface area contributed by atoms with Crippen LogP contribution in [-0.4, -0.2) is 19.0 Å². The lowest BCUT2D eigenvalue weighted by molar-refractivity contribution is -0.117. The molecule has 1 aliphatic rings. The monoisotopic (exact) mass is 302 g/mol. The highest BCUT2D eigenvalue weighted by molar-refractivity contribution is 6.40. The van der Waals surface area contributed by atoms with Crippen LogP contribution in [0.25, 0.3) is 10.4 Å². The van der Waals surface area contributed by atoms with E-state index in [0.717, 1.165) is 12.1 Å². The van der Waals surface area contributed by atoms with Gasteiger partial charge in [-0.1, -0.05) is 28.3 Å². The minimum atomic E-state index is -0.559. The zero-order valence-corrected chi connectivity index (χ0v) is 11.2. The van der Waals surface area contributed by atoms with Crippen LogP contribution < -0.4 is 4.90 Å². The molecule has 0 aliphatic carbocycles. The SMILES string of the molecule is [N-]=[N+]=NCC1CC(=O)N(c2c(Cl)cc(F)cc2Cl)C1. The van der Waals surface area contributed by atoms with E-state index < -0.39 is 5.82 Å². The van der Waals surface area contributed by atoms with Crippen molar-refractivity contribution in [1.29, 1.82) is 0 Å². The molecule has 1 aromatic carbocycles. The lowest BCUT2D eigenvalue weighted by Crippen LogP contribution is -2.25. The fourth-order valence-electron chi connectivity index (χ4n) is 2.06. The van der Waals surface area contributed by atoms with Gasteiger partial charge in [-0.15, -0.1) is 0 Å². The number of anilines is 1. The Kier molecular flexibility index (Phi) is 4.14. The number of amides is 1. The molecule has 1 aromatic rings.